The summed E-state index contributed by atoms with van der Waals surface area (Å²) in [5, 5.41) is 0. The molecule has 1 aliphatic rings. The molecule has 3 rings (SSSR count). The lowest BCUT2D eigenvalue weighted by Crippen LogP contribution is -2.48. The van der Waals surface area contributed by atoms with Crippen molar-refractivity contribution in [3.8, 4) is 0 Å². The van der Waals surface area contributed by atoms with Crippen LogP contribution in [0.5, 0.6) is 0 Å². The van der Waals surface area contributed by atoms with Gasteiger partial charge in [-0.3, -0.25) is 9.78 Å². The molecule has 0 aromatic heterocycles. The Kier molecular flexibility index (Phi) is 10.5. The van der Waals surface area contributed by atoms with Gasteiger partial charge < -0.3 is 0 Å². The predicted molar refractivity (Wildman–Crippen MR) is 138 cm³/mol. The molecule has 0 amide bonds. The predicted octanol–water partition coefficient (Wildman–Crippen LogP) is 7.20. The van der Waals surface area contributed by atoms with Crippen LogP contribution in [0.25, 0.3) is 0 Å². The molecule has 0 radical (unpaired) electrons. The zero-order chi connectivity index (χ0) is 26.0. The topological polar surface area (TPSA) is 71.1 Å². The van der Waals surface area contributed by atoms with E-state index in [-0.39, 0.29) is 0 Å². The van der Waals surface area contributed by atoms with Gasteiger partial charge in [0.15, 0.2) is 0 Å². The molecule has 0 N–H and O–H groups in total. The molecule has 36 heavy (non-hydrogen) atoms. The van der Waals surface area contributed by atoms with Gasteiger partial charge in [0.25, 0.3) is 0 Å². The Morgan fingerprint density at radius 2 is 1.33 bits per heavy atom. The smallest absolute Gasteiger partial charge is 0.292 e. The van der Waals surface area contributed by atoms with Crippen LogP contribution in [0, 0.1) is 5.92 Å². The van der Waals surface area contributed by atoms with Crippen LogP contribution in [0.4, 0.5) is 0 Å². The van der Waals surface area contributed by atoms with Crippen LogP contribution in [0.15, 0.2) is 48.5 Å². The second-order valence-electron chi connectivity index (χ2n) is 10.2. The van der Waals surface area contributed by atoms with Crippen LogP contribution in [0.2, 0.25) is 0 Å². The Bertz CT molecular complexity index is 968. The first kappa shape index (κ1) is 27.9. The summed E-state index contributed by atoms with van der Waals surface area (Å²) in [6.07, 6.45) is 7.97. The van der Waals surface area contributed by atoms with E-state index < -0.39 is 23.6 Å². The highest BCUT2D eigenvalue weighted by Crippen LogP contribution is 2.37. The molecule has 0 heterocycles. The van der Waals surface area contributed by atoms with Gasteiger partial charge >= 0.3 is 11.9 Å². The van der Waals surface area contributed by atoms with E-state index >= 15 is 0 Å². The Labute approximate surface area is 215 Å². The Morgan fingerprint density at radius 1 is 0.833 bits per heavy atom. The lowest BCUT2D eigenvalue weighted by Gasteiger charge is -2.39. The van der Waals surface area contributed by atoms with Crippen LogP contribution >= 0.6 is 0 Å². The van der Waals surface area contributed by atoms with Crippen molar-refractivity contribution in [1.29, 1.82) is 0 Å². The van der Waals surface area contributed by atoms with Gasteiger partial charge in [0, 0.05) is 0 Å². The maximum atomic E-state index is 12.6. The normalized spacial score (nSPS) is 21.7. The maximum Gasteiger partial charge on any atom is 0.373 e. The summed E-state index contributed by atoms with van der Waals surface area (Å²) >= 11 is 0. The van der Waals surface area contributed by atoms with Crippen molar-refractivity contribution < 1.29 is 29.1 Å². The quantitative estimate of drug-likeness (QED) is 0.229. The zero-order valence-corrected chi connectivity index (χ0v) is 22.1. The minimum Gasteiger partial charge on any atom is -0.292 e. The highest BCUT2D eigenvalue weighted by Gasteiger charge is 2.45. The summed E-state index contributed by atoms with van der Waals surface area (Å²) < 4.78 is 0. The number of carbonyl (C=O) groups is 2. The van der Waals surface area contributed by atoms with Gasteiger partial charge in [0.2, 0.25) is 0 Å². The summed E-state index contributed by atoms with van der Waals surface area (Å²) in [5.74, 6) is -0.761. The molecule has 0 saturated heterocycles. The van der Waals surface area contributed by atoms with Crippen LogP contribution in [-0.2, 0) is 32.4 Å². The van der Waals surface area contributed by atoms with Gasteiger partial charge in [0.1, 0.15) is 11.7 Å². The van der Waals surface area contributed by atoms with Crippen LogP contribution in [0.3, 0.4) is 0 Å². The molecule has 1 fully saturated rings. The molecule has 6 nitrogen and oxygen atoms in total. The average molecular weight is 497 g/mol. The number of rotatable bonds is 12. The molecular formula is C30H40O6. The van der Waals surface area contributed by atoms with Gasteiger partial charge in [-0.25, -0.2) is 9.59 Å². The van der Waals surface area contributed by atoms with E-state index in [1.807, 2.05) is 31.2 Å². The van der Waals surface area contributed by atoms with E-state index in [0.29, 0.717) is 29.9 Å². The van der Waals surface area contributed by atoms with Gasteiger partial charge in [-0.05, 0) is 93.2 Å². The molecule has 3 atom stereocenters. The molecule has 0 aliphatic heterocycles. The first-order chi connectivity index (χ1) is 17.3. The molecule has 1 aliphatic carbocycles. The van der Waals surface area contributed by atoms with Gasteiger partial charge in [-0.15, -0.1) is 0 Å². The molecule has 0 spiro atoms. The molecule has 1 saturated carbocycles. The third-order valence-electron chi connectivity index (χ3n) is 7.00. The summed E-state index contributed by atoms with van der Waals surface area (Å²) in [6.45, 7) is 8.23. The number of hydrogen-bond acceptors (Lipinski definition) is 6. The SMILES string of the molecule is CCCCc1ccc(C(=O)OOC2CC(C)CCC2(C)OOC(=O)c2ccc(CCCC)cc2)cc1. The summed E-state index contributed by atoms with van der Waals surface area (Å²) in [5.41, 5.74) is 2.29. The van der Waals surface area contributed by atoms with Crippen molar-refractivity contribution in [3.63, 3.8) is 0 Å². The fraction of sp³-hybridized carbons (Fsp3) is 0.533. The zero-order valence-electron chi connectivity index (χ0n) is 22.1. The Morgan fingerprint density at radius 3 is 1.83 bits per heavy atom. The third kappa shape index (κ3) is 7.90. The average Bonchev–Trinajstić information content (AvgIpc) is 2.90. The van der Waals surface area contributed by atoms with E-state index in [1.54, 1.807) is 24.3 Å². The van der Waals surface area contributed by atoms with Gasteiger partial charge in [0.05, 0.1) is 11.1 Å². The number of benzene rings is 2. The van der Waals surface area contributed by atoms with E-state index in [1.165, 1.54) is 11.1 Å². The number of aryl methyl sites for hydroxylation is 2. The second kappa shape index (κ2) is 13.6. The largest absolute Gasteiger partial charge is 0.373 e. The van der Waals surface area contributed by atoms with E-state index in [4.69, 9.17) is 19.6 Å². The number of unbranched alkanes of at least 4 members (excludes halogenated alkanes) is 2. The monoisotopic (exact) mass is 496 g/mol. The number of hydrogen-bond donors (Lipinski definition) is 0. The lowest BCUT2D eigenvalue weighted by molar-refractivity contribution is -0.388. The molecule has 0 bridgehead atoms. The van der Waals surface area contributed by atoms with Crippen LogP contribution in [-0.4, -0.2) is 23.6 Å². The molecule has 6 heteroatoms. The highest BCUT2D eigenvalue weighted by atomic mass is 17.2. The van der Waals surface area contributed by atoms with Crippen LogP contribution < -0.4 is 0 Å². The van der Waals surface area contributed by atoms with Crippen molar-refractivity contribution in [2.75, 3.05) is 0 Å². The third-order valence-corrected chi connectivity index (χ3v) is 7.00. The fourth-order valence-corrected chi connectivity index (χ4v) is 4.37. The maximum absolute atomic E-state index is 12.6. The van der Waals surface area contributed by atoms with Crippen molar-refractivity contribution in [2.45, 2.75) is 97.2 Å². The molecular weight excluding hydrogens is 456 g/mol. The molecule has 196 valence electrons. The van der Waals surface area contributed by atoms with Crippen LogP contribution in [0.1, 0.15) is 104 Å². The van der Waals surface area contributed by atoms with Gasteiger partial charge in [-0.1, -0.05) is 57.9 Å². The fourth-order valence-electron chi connectivity index (χ4n) is 4.37. The summed E-state index contributed by atoms with van der Waals surface area (Å²) in [7, 11) is 0. The second-order valence-corrected chi connectivity index (χ2v) is 10.2. The van der Waals surface area contributed by atoms with E-state index in [0.717, 1.165) is 44.9 Å². The Balaban J connectivity index is 1.56. The molecule has 3 unspecified atom stereocenters. The standard InChI is InChI=1S/C30H40O6/c1-5-7-9-23-11-15-25(16-12-23)28(31)34-33-27-21-22(3)19-20-30(27,4)36-35-29(32)26-17-13-24(14-18-26)10-8-6-2/h11-18,22,27H,5-10,19-21H2,1-4H3. The number of carbonyl (C=O) groups excluding carboxylic acids is 2. The minimum atomic E-state index is -0.937. The molecule has 2 aromatic rings. The minimum absolute atomic E-state index is 0.356. The first-order valence-electron chi connectivity index (χ1n) is 13.3. The molecule has 2 aromatic carbocycles. The van der Waals surface area contributed by atoms with Crippen molar-refractivity contribution in [3.05, 3.63) is 70.8 Å². The van der Waals surface area contributed by atoms with E-state index in [2.05, 4.69) is 20.8 Å². The van der Waals surface area contributed by atoms with E-state index in [9.17, 15) is 9.59 Å². The summed E-state index contributed by atoms with van der Waals surface area (Å²) in [4.78, 5) is 46.9. The highest BCUT2D eigenvalue weighted by molar-refractivity contribution is 5.89. The first-order valence-corrected chi connectivity index (χ1v) is 13.3. The van der Waals surface area contributed by atoms with Crippen molar-refractivity contribution in [1.82, 2.24) is 0 Å². The lowest BCUT2D eigenvalue weighted by atomic mass is 9.78. The Hall–Kier alpha value is -2.70. The van der Waals surface area contributed by atoms with Crippen molar-refractivity contribution >= 4 is 11.9 Å². The van der Waals surface area contributed by atoms with Crippen molar-refractivity contribution in [2.24, 2.45) is 5.92 Å². The van der Waals surface area contributed by atoms with Gasteiger partial charge in [-0.2, -0.15) is 9.78 Å². The summed E-state index contributed by atoms with van der Waals surface area (Å²) in [6, 6.07) is 14.8.